The van der Waals surface area contributed by atoms with Gasteiger partial charge in [-0.15, -0.1) is 0 Å². The van der Waals surface area contributed by atoms with Gasteiger partial charge in [-0.25, -0.2) is 4.98 Å². The van der Waals surface area contributed by atoms with Crippen molar-refractivity contribution in [2.75, 3.05) is 11.1 Å². The van der Waals surface area contributed by atoms with Crippen LogP contribution < -0.4 is 11.1 Å². The van der Waals surface area contributed by atoms with Gasteiger partial charge in [0.1, 0.15) is 0 Å². The Morgan fingerprint density at radius 2 is 1.94 bits per heavy atom. The minimum absolute atomic E-state index is 0.0955. The van der Waals surface area contributed by atoms with Crippen molar-refractivity contribution >= 4 is 23.1 Å². The summed E-state index contributed by atoms with van der Waals surface area (Å²) in [6, 6.07) is 0. The van der Waals surface area contributed by atoms with E-state index in [0.29, 0.717) is 11.5 Å². The van der Waals surface area contributed by atoms with E-state index in [4.69, 9.17) is 17.3 Å². The monoisotopic (exact) mass is 240 g/mol. The molecular formula is C11H17ClN4. The molecule has 0 aliphatic heterocycles. The summed E-state index contributed by atoms with van der Waals surface area (Å²) in [5.41, 5.74) is 7.36. The Hall–Kier alpha value is -1.03. The van der Waals surface area contributed by atoms with Crippen molar-refractivity contribution in [1.29, 1.82) is 0 Å². The van der Waals surface area contributed by atoms with E-state index in [1.807, 2.05) is 6.92 Å². The largest absolute Gasteiger partial charge is 0.394 e. The molecule has 1 heterocycles. The van der Waals surface area contributed by atoms with Gasteiger partial charge in [0.2, 0.25) is 5.28 Å². The predicted molar refractivity (Wildman–Crippen MR) is 66.7 cm³/mol. The summed E-state index contributed by atoms with van der Waals surface area (Å²) in [7, 11) is 0. The molecule has 2 rings (SSSR count). The van der Waals surface area contributed by atoms with Gasteiger partial charge in [0.05, 0.1) is 11.4 Å². The van der Waals surface area contributed by atoms with Crippen LogP contribution in [0.4, 0.5) is 11.5 Å². The zero-order valence-corrected chi connectivity index (χ0v) is 10.4. The molecule has 0 aromatic carbocycles. The van der Waals surface area contributed by atoms with Crippen molar-refractivity contribution in [2.24, 2.45) is 0 Å². The molecule has 16 heavy (non-hydrogen) atoms. The Bertz CT molecular complexity index is 399. The fourth-order valence-electron chi connectivity index (χ4n) is 2.21. The van der Waals surface area contributed by atoms with Crippen LogP contribution in [0.15, 0.2) is 0 Å². The average molecular weight is 241 g/mol. The number of halogens is 1. The van der Waals surface area contributed by atoms with Crippen LogP contribution in [0.2, 0.25) is 5.28 Å². The molecule has 0 spiro atoms. The third kappa shape index (κ3) is 2.21. The Morgan fingerprint density at radius 1 is 1.31 bits per heavy atom. The van der Waals surface area contributed by atoms with Crippen molar-refractivity contribution in [3.63, 3.8) is 0 Å². The Balaban J connectivity index is 2.27. The van der Waals surface area contributed by atoms with E-state index < -0.39 is 0 Å². The van der Waals surface area contributed by atoms with Crippen LogP contribution in [-0.2, 0) is 0 Å². The molecule has 1 aromatic heterocycles. The zero-order valence-electron chi connectivity index (χ0n) is 9.68. The van der Waals surface area contributed by atoms with E-state index in [0.717, 1.165) is 18.5 Å². The molecule has 0 unspecified atom stereocenters. The summed E-state index contributed by atoms with van der Waals surface area (Å²) in [4.78, 5) is 8.18. The molecule has 1 aliphatic carbocycles. The fourth-order valence-corrected chi connectivity index (χ4v) is 2.42. The molecule has 5 heteroatoms. The third-order valence-electron chi connectivity index (χ3n) is 3.24. The molecule has 88 valence electrons. The van der Waals surface area contributed by atoms with Gasteiger partial charge in [-0.05, 0) is 38.3 Å². The lowest BCUT2D eigenvalue weighted by atomic mass is 10.0. The number of anilines is 2. The topological polar surface area (TPSA) is 63.8 Å². The van der Waals surface area contributed by atoms with Crippen LogP contribution in [0.3, 0.4) is 0 Å². The number of aryl methyl sites for hydroxylation is 1. The van der Waals surface area contributed by atoms with Gasteiger partial charge >= 0.3 is 0 Å². The number of hydrogen-bond acceptors (Lipinski definition) is 4. The first kappa shape index (κ1) is 11.5. The number of hydrogen-bond donors (Lipinski definition) is 2. The molecule has 0 saturated heterocycles. The number of aromatic nitrogens is 2. The standard InChI is InChI=1S/C11H17ClN4/c1-7-8(13)9(15-10(12)14-7)16-11(2)5-3-4-6-11/h3-6,13H2,1-2H3,(H,14,15,16). The SMILES string of the molecule is Cc1nc(Cl)nc(NC2(C)CCCC2)c1N. The van der Waals surface area contributed by atoms with Crippen molar-refractivity contribution < 1.29 is 0 Å². The lowest BCUT2D eigenvalue weighted by Gasteiger charge is -2.26. The van der Waals surface area contributed by atoms with Gasteiger partial charge < -0.3 is 11.1 Å². The summed E-state index contributed by atoms with van der Waals surface area (Å²) >= 11 is 5.84. The normalized spacial score (nSPS) is 18.7. The van der Waals surface area contributed by atoms with Crippen molar-refractivity contribution in [3.8, 4) is 0 Å². The van der Waals surface area contributed by atoms with Crippen molar-refractivity contribution in [1.82, 2.24) is 9.97 Å². The number of nitrogens with zero attached hydrogens (tertiary/aromatic N) is 2. The number of nitrogens with two attached hydrogens (primary N) is 1. The Kier molecular flexibility index (Phi) is 2.93. The fraction of sp³-hybridized carbons (Fsp3) is 0.636. The van der Waals surface area contributed by atoms with E-state index in [1.165, 1.54) is 12.8 Å². The van der Waals surface area contributed by atoms with E-state index in [2.05, 4.69) is 22.2 Å². The van der Waals surface area contributed by atoms with Crippen LogP contribution >= 0.6 is 11.6 Å². The smallest absolute Gasteiger partial charge is 0.224 e. The zero-order chi connectivity index (χ0) is 11.8. The number of nitrogen functional groups attached to an aromatic ring is 1. The van der Waals surface area contributed by atoms with E-state index in [1.54, 1.807) is 0 Å². The lowest BCUT2D eigenvalue weighted by Crippen LogP contribution is -2.32. The molecule has 0 amide bonds. The van der Waals surface area contributed by atoms with Crippen LogP contribution in [0.25, 0.3) is 0 Å². The lowest BCUT2D eigenvalue weighted by molar-refractivity contribution is 0.531. The second kappa shape index (κ2) is 4.09. The molecule has 0 radical (unpaired) electrons. The highest BCUT2D eigenvalue weighted by Crippen LogP contribution is 2.34. The Morgan fingerprint density at radius 3 is 2.56 bits per heavy atom. The first-order valence-electron chi connectivity index (χ1n) is 5.58. The van der Waals surface area contributed by atoms with Crippen LogP contribution in [-0.4, -0.2) is 15.5 Å². The number of nitrogens with one attached hydrogen (secondary N) is 1. The highest BCUT2D eigenvalue weighted by Gasteiger charge is 2.29. The molecular weight excluding hydrogens is 224 g/mol. The van der Waals surface area contributed by atoms with E-state index >= 15 is 0 Å². The second-order valence-electron chi connectivity index (χ2n) is 4.73. The van der Waals surface area contributed by atoms with Gasteiger partial charge in [-0.1, -0.05) is 12.8 Å². The molecule has 0 bridgehead atoms. The molecule has 3 N–H and O–H groups in total. The van der Waals surface area contributed by atoms with E-state index in [-0.39, 0.29) is 10.8 Å². The summed E-state index contributed by atoms with van der Waals surface area (Å²) in [5.74, 6) is 0.668. The van der Waals surface area contributed by atoms with Gasteiger partial charge in [0.25, 0.3) is 0 Å². The summed E-state index contributed by atoms with van der Waals surface area (Å²) in [6.45, 7) is 4.04. The van der Waals surface area contributed by atoms with Crippen LogP contribution in [0.5, 0.6) is 0 Å². The molecule has 4 nitrogen and oxygen atoms in total. The first-order valence-corrected chi connectivity index (χ1v) is 5.96. The quantitative estimate of drug-likeness (QED) is 0.781. The van der Waals surface area contributed by atoms with Gasteiger partial charge in [0.15, 0.2) is 5.82 Å². The summed E-state index contributed by atoms with van der Waals surface area (Å²) in [6.07, 6.45) is 4.79. The molecule has 0 atom stereocenters. The first-order chi connectivity index (χ1) is 7.50. The second-order valence-corrected chi connectivity index (χ2v) is 5.07. The average Bonchev–Trinajstić information content (AvgIpc) is 2.61. The van der Waals surface area contributed by atoms with Crippen molar-refractivity contribution in [3.05, 3.63) is 11.0 Å². The number of rotatable bonds is 2. The molecule has 1 aliphatic rings. The maximum atomic E-state index is 5.94. The van der Waals surface area contributed by atoms with Crippen molar-refractivity contribution in [2.45, 2.75) is 45.1 Å². The predicted octanol–water partition coefficient (Wildman–Crippen LogP) is 2.77. The van der Waals surface area contributed by atoms with Gasteiger partial charge in [0, 0.05) is 5.54 Å². The summed E-state index contributed by atoms with van der Waals surface area (Å²) < 4.78 is 0. The Labute approximate surface area is 101 Å². The van der Waals surface area contributed by atoms with Crippen LogP contribution in [0, 0.1) is 6.92 Å². The summed E-state index contributed by atoms with van der Waals surface area (Å²) in [5, 5.41) is 3.65. The maximum absolute atomic E-state index is 5.94. The highest BCUT2D eigenvalue weighted by atomic mass is 35.5. The third-order valence-corrected chi connectivity index (χ3v) is 3.41. The van der Waals surface area contributed by atoms with Crippen LogP contribution in [0.1, 0.15) is 38.3 Å². The molecule has 1 saturated carbocycles. The molecule has 1 aromatic rings. The highest BCUT2D eigenvalue weighted by molar-refractivity contribution is 6.28. The van der Waals surface area contributed by atoms with Gasteiger partial charge in [-0.3, -0.25) is 0 Å². The minimum Gasteiger partial charge on any atom is -0.394 e. The minimum atomic E-state index is 0.0955. The molecule has 1 fully saturated rings. The maximum Gasteiger partial charge on any atom is 0.224 e. The van der Waals surface area contributed by atoms with E-state index in [9.17, 15) is 0 Å². The van der Waals surface area contributed by atoms with Gasteiger partial charge in [-0.2, -0.15) is 4.98 Å².